The monoisotopic (exact) mass is 330 g/mol. The van der Waals surface area contributed by atoms with Crippen molar-refractivity contribution in [1.29, 1.82) is 0 Å². The van der Waals surface area contributed by atoms with Crippen LogP contribution in [0.15, 0.2) is 48.5 Å². The highest BCUT2D eigenvalue weighted by molar-refractivity contribution is 5.96. The second-order valence-corrected chi connectivity index (χ2v) is 5.58. The van der Waals surface area contributed by atoms with Gasteiger partial charge >= 0.3 is 0 Å². The number of rotatable bonds is 2. The third kappa shape index (κ3) is 3.27. The quantitative estimate of drug-likeness (QED) is 0.849. The van der Waals surface area contributed by atoms with Gasteiger partial charge < -0.3 is 9.80 Å². The van der Waals surface area contributed by atoms with Crippen LogP contribution < -0.4 is 0 Å². The molecule has 0 spiro atoms. The lowest BCUT2D eigenvalue weighted by molar-refractivity contribution is 0.0535. The first-order valence-electron chi connectivity index (χ1n) is 7.65. The molecule has 1 heterocycles. The molecule has 3 rings (SSSR count). The molecule has 0 bridgehead atoms. The summed E-state index contributed by atoms with van der Waals surface area (Å²) in [7, 11) is 0. The van der Waals surface area contributed by atoms with Crippen LogP contribution in [0.2, 0.25) is 0 Å². The second kappa shape index (κ2) is 6.78. The van der Waals surface area contributed by atoms with E-state index in [1.54, 1.807) is 34.1 Å². The van der Waals surface area contributed by atoms with Crippen LogP contribution in [-0.2, 0) is 0 Å². The lowest BCUT2D eigenvalue weighted by Gasteiger charge is -2.34. The molecular weight excluding hydrogens is 314 g/mol. The van der Waals surface area contributed by atoms with Crippen LogP contribution in [0.5, 0.6) is 0 Å². The van der Waals surface area contributed by atoms with E-state index in [9.17, 15) is 18.4 Å². The SMILES string of the molecule is O=C(c1ccccc1)N1CCN(C(=O)c2ccc(F)c(F)c2)CC1. The predicted molar refractivity (Wildman–Crippen MR) is 84.6 cm³/mol. The van der Waals surface area contributed by atoms with Gasteiger partial charge in [-0.05, 0) is 30.3 Å². The summed E-state index contributed by atoms with van der Waals surface area (Å²) in [5, 5.41) is 0. The number of hydrogen-bond acceptors (Lipinski definition) is 2. The van der Waals surface area contributed by atoms with E-state index in [0.717, 1.165) is 12.1 Å². The fourth-order valence-corrected chi connectivity index (χ4v) is 2.69. The Hall–Kier alpha value is -2.76. The Bertz CT molecular complexity index is 757. The molecule has 4 nitrogen and oxygen atoms in total. The Kier molecular flexibility index (Phi) is 4.55. The summed E-state index contributed by atoms with van der Waals surface area (Å²) in [5.41, 5.74) is 0.717. The van der Waals surface area contributed by atoms with Gasteiger partial charge in [0.15, 0.2) is 11.6 Å². The van der Waals surface area contributed by atoms with Crippen molar-refractivity contribution in [1.82, 2.24) is 9.80 Å². The van der Waals surface area contributed by atoms with E-state index >= 15 is 0 Å². The third-order valence-corrected chi connectivity index (χ3v) is 4.04. The number of amides is 2. The van der Waals surface area contributed by atoms with Crippen LogP contribution >= 0.6 is 0 Å². The molecule has 0 N–H and O–H groups in total. The highest BCUT2D eigenvalue weighted by Crippen LogP contribution is 2.14. The molecule has 2 aromatic rings. The maximum Gasteiger partial charge on any atom is 0.254 e. The average Bonchev–Trinajstić information content (AvgIpc) is 2.63. The molecular formula is C18H16F2N2O2. The van der Waals surface area contributed by atoms with Gasteiger partial charge in [-0.25, -0.2) is 8.78 Å². The van der Waals surface area contributed by atoms with Gasteiger partial charge in [-0.15, -0.1) is 0 Å². The van der Waals surface area contributed by atoms with Gasteiger partial charge in [-0.1, -0.05) is 18.2 Å². The van der Waals surface area contributed by atoms with Crippen molar-refractivity contribution in [2.75, 3.05) is 26.2 Å². The zero-order valence-electron chi connectivity index (χ0n) is 12.9. The van der Waals surface area contributed by atoms with Gasteiger partial charge in [0.2, 0.25) is 0 Å². The van der Waals surface area contributed by atoms with E-state index in [-0.39, 0.29) is 17.4 Å². The molecule has 24 heavy (non-hydrogen) atoms. The zero-order chi connectivity index (χ0) is 17.1. The largest absolute Gasteiger partial charge is 0.335 e. The predicted octanol–water partition coefficient (Wildman–Crippen LogP) is 2.56. The first-order valence-corrected chi connectivity index (χ1v) is 7.65. The summed E-state index contributed by atoms with van der Waals surface area (Å²) in [6, 6.07) is 12.1. The van der Waals surface area contributed by atoms with Gasteiger partial charge in [0.1, 0.15) is 0 Å². The van der Waals surface area contributed by atoms with Crippen LogP contribution in [0.1, 0.15) is 20.7 Å². The zero-order valence-corrected chi connectivity index (χ0v) is 12.9. The molecule has 0 atom stereocenters. The molecule has 1 aliphatic rings. The first-order chi connectivity index (χ1) is 11.6. The minimum Gasteiger partial charge on any atom is -0.335 e. The Labute approximate surface area is 138 Å². The maximum absolute atomic E-state index is 13.3. The van der Waals surface area contributed by atoms with Crippen LogP contribution in [0.25, 0.3) is 0 Å². The lowest BCUT2D eigenvalue weighted by Crippen LogP contribution is -2.50. The summed E-state index contributed by atoms with van der Waals surface area (Å²) >= 11 is 0. The summed E-state index contributed by atoms with van der Waals surface area (Å²) in [6.45, 7) is 1.53. The number of halogens is 2. The topological polar surface area (TPSA) is 40.6 Å². The lowest BCUT2D eigenvalue weighted by atomic mass is 10.1. The van der Waals surface area contributed by atoms with E-state index in [0.29, 0.717) is 31.7 Å². The van der Waals surface area contributed by atoms with E-state index in [2.05, 4.69) is 0 Å². The molecule has 0 aromatic heterocycles. The van der Waals surface area contributed by atoms with E-state index in [1.165, 1.54) is 6.07 Å². The molecule has 6 heteroatoms. The normalized spacial score (nSPS) is 14.6. The highest BCUT2D eigenvalue weighted by Gasteiger charge is 2.25. The molecule has 2 aromatic carbocycles. The molecule has 2 amide bonds. The highest BCUT2D eigenvalue weighted by atomic mass is 19.2. The molecule has 0 aliphatic carbocycles. The number of carbonyl (C=O) groups excluding carboxylic acids is 2. The molecule has 1 aliphatic heterocycles. The number of piperazine rings is 1. The van der Waals surface area contributed by atoms with Crippen molar-refractivity contribution in [2.45, 2.75) is 0 Å². The average molecular weight is 330 g/mol. The maximum atomic E-state index is 13.3. The summed E-state index contributed by atoms with van der Waals surface area (Å²) in [5.74, 6) is -2.46. The second-order valence-electron chi connectivity index (χ2n) is 5.58. The molecule has 0 unspecified atom stereocenters. The van der Waals surface area contributed by atoms with Crippen molar-refractivity contribution in [2.24, 2.45) is 0 Å². The van der Waals surface area contributed by atoms with Crippen molar-refractivity contribution in [3.63, 3.8) is 0 Å². The summed E-state index contributed by atoms with van der Waals surface area (Å²) < 4.78 is 26.2. The van der Waals surface area contributed by atoms with Gasteiger partial charge in [0, 0.05) is 37.3 Å². The standard InChI is InChI=1S/C18H16F2N2O2/c19-15-7-6-14(12-16(15)20)18(24)22-10-8-21(9-11-22)17(23)13-4-2-1-3-5-13/h1-7,12H,8-11H2. The number of carbonyl (C=O) groups is 2. The summed E-state index contributed by atoms with van der Waals surface area (Å²) in [6.07, 6.45) is 0. The fourth-order valence-electron chi connectivity index (χ4n) is 2.69. The number of hydrogen-bond donors (Lipinski definition) is 0. The van der Waals surface area contributed by atoms with E-state index in [1.807, 2.05) is 6.07 Å². The van der Waals surface area contributed by atoms with Gasteiger partial charge in [0.05, 0.1) is 0 Å². The molecule has 1 fully saturated rings. The Morgan fingerprint density at radius 1 is 0.708 bits per heavy atom. The first kappa shape index (κ1) is 16.1. The Balaban J connectivity index is 1.63. The number of benzene rings is 2. The molecule has 0 radical (unpaired) electrons. The minimum atomic E-state index is -1.04. The Morgan fingerprint density at radius 2 is 1.25 bits per heavy atom. The Morgan fingerprint density at radius 3 is 1.79 bits per heavy atom. The van der Waals surface area contributed by atoms with Crippen molar-refractivity contribution in [3.05, 3.63) is 71.3 Å². The minimum absolute atomic E-state index is 0.0736. The third-order valence-electron chi connectivity index (χ3n) is 4.04. The number of nitrogens with zero attached hydrogens (tertiary/aromatic N) is 2. The van der Waals surface area contributed by atoms with Gasteiger partial charge in [-0.3, -0.25) is 9.59 Å². The van der Waals surface area contributed by atoms with Crippen LogP contribution in [0.3, 0.4) is 0 Å². The van der Waals surface area contributed by atoms with Crippen LogP contribution in [0.4, 0.5) is 8.78 Å². The van der Waals surface area contributed by atoms with Gasteiger partial charge in [0.25, 0.3) is 11.8 Å². The van der Waals surface area contributed by atoms with E-state index in [4.69, 9.17) is 0 Å². The van der Waals surface area contributed by atoms with Crippen molar-refractivity contribution in [3.8, 4) is 0 Å². The molecule has 0 saturated carbocycles. The smallest absolute Gasteiger partial charge is 0.254 e. The molecule has 1 saturated heterocycles. The van der Waals surface area contributed by atoms with Crippen molar-refractivity contribution < 1.29 is 18.4 Å². The molecule has 124 valence electrons. The van der Waals surface area contributed by atoms with Crippen LogP contribution in [0, 0.1) is 11.6 Å². The van der Waals surface area contributed by atoms with Crippen LogP contribution in [-0.4, -0.2) is 47.8 Å². The summed E-state index contributed by atoms with van der Waals surface area (Å²) in [4.78, 5) is 27.9. The van der Waals surface area contributed by atoms with Crippen molar-refractivity contribution >= 4 is 11.8 Å². The fraction of sp³-hybridized carbons (Fsp3) is 0.222. The van der Waals surface area contributed by atoms with E-state index < -0.39 is 11.6 Å². The van der Waals surface area contributed by atoms with Gasteiger partial charge in [-0.2, -0.15) is 0 Å².